The van der Waals surface area contributed by atoms with Crippen LogP contribution in [-0.2, 0) is 11.3 Å². The number of benzene rings is 1. The quantitative estimate of drug-likeness (QED) is 0.647. The number of ether oxygens (including phenoxy) is 2. The maximum atomic E-state index is 6.02. The van der Waals surface area contributed by atoms with Crippen LogP contribution in [0.3, 0.4) is 0 Å². The molecule has 0 bridgehead atoms. The van der Waals surface area contributed by atoms with Gasteiger partial charge in [0.2, 0.25) is 0 Å². The summed E-state index contributed by atoms with van der Waals surface area (Å²) in [6.45, 7) is 0.851. The maximum absolute atomic E-state index is 6.02. The van der Waals surface area contributed by atoms with Gasteiger partial charge in [-0.2, -0.15) is 0 Å². The Bertz CT molecular complexity index is 778. The average Bonchev–Trinajstić information content (AvgIpc) is 2.83. The second kappa shape index (κ2) is 4.98. The molecule has 3 heterocycles. The largest absolute Gasteiger partial charge is 0.488 e. The number of hydrogen-bond acceptors (Lipinski definition) is 5. The van der Waals surface area contributed by atoms with Crippen molar-refractivity contribution < 1.29 is 9.47 Å². The van der Waals surface area contributed by atoms with Crippen molar-refractivity contribution in [2.45, 2.75) is 12.8 Å². The predicted molar refractivity (Wildman–Crippen MR) is 76.1 cm³/mol. The zero-order valence-electron chi connectivity index (χ0n) is 10.9. The summed E-state index contributed by atoms with van der Waals surface area (Å²) in [6.07, 6.45) is 2.75. The monoisotopic (exact) mass is 302 g/mol. The number of rotatable bonds is 1. The lowest BCUT2D eigenvalue weighted by Gasteiger charge is -2.16. The zero-order valence-corrected chi connectivity index (χ0v) is 11.7. The number of hydrogen-bond donors (Lipinski definition) is 0. The molecular weight excluding hydrogens is 292 g/mol. The minimum absolute atomic E-state index is 0.312. The molecule has 1 atom stereocenters. The van der Waals surface area contributed by atoms with Gasteiger partial charge in [0.1, 0.15) is 24.2 Å². The molecule has 6 nitrogen and oxygen atoms in total. The molecule has 1 aromatic carbocycles. The van der Waals surface area contributed by atoms with E-state index in [9.17, 15) is 0 Å². The molecule has 7 heteroatoms. The van der Waals surface area contributed by atoms with Gasteiger partial charge in [-0.1, -0.05) is 29.8 Å². The van der Waals surface area contributed by atoms with Crippen molar-refractivity contribution in [2.75, 3.05) is 6.61 Å². The van der Waals surface area contributed by atoms with Crippen LogP contribution in [0.5, 0.6) is 5.75 Å². The van der Waals surface area contributed by atoms with Crippen molar-refractivity contribution in [3.8, 4) is 5.75 Å². The van der Waals surface area contributed by atoms with Gasteiger partial charge in [-0.25, -0.2) is 15.0 Å². The fourth-order valence-electron chi connectivity index (χ4n) is 2.35. The molecular formula is C14H11ClN4O2. The van der Waals surface area contributed by atoms with E-state index in [0.29, 0.717) is 29.5 Å². The van der Waals surface area contributed by atoms with E-state index in [1.807, 2.05) is 28.8 Å². The van der Waals surface area contributed by atoms with Crippen molar-refractivity contribution in [1.82, 2.24) is 19.5 Å². The molecule has 1 unspecified atom stereocenters. The highest BCUT2D eigenvalue weighted by Crippen LogP contribution is 2.28. The van der Waals surface area contributed by atoms with Gasteiger partial charge in [0, 0.05) is 5.56 Å². The van der Waals surface area contributed by atoms with Gasteiger partial charge in [-0.3, -0.25) is 4.57 Å². The summed E-state index contributed by atoms with van der Waals surface area (Å²) in [5.41, 5.74) is 2.22. The number of para-hydroxylation sites is 1. The molecule has 0 spiro atoms. The van der Waals surface area contributed by atoms with E-state index in [1.165, 1.54) is 6.33 Å². The smallest absolute Gasteiger partial charge is 0.171 e. The first-order valence-corrected chi connectivity index (χ1v) is 6.86. The third-order valence-corrected chi connectivity index (χ3v) is 3.69. The molecule has 1 aliphatic heterocycles. The number of imidazole rings is 1. The summed E-state index contributed by atoms with van der Waals surface area (Å²) in [5, 5.41) is 0.330. The highest BCUT2D eigenvalue weighted by molar-refractivity contribution is 6.33. The van der Waals surface area contributed by atoms with E-state index in [2.05, 4.69) is 15.0 Å². The van der Waals surface area contributed by atoms with Gasteiger partial charge in [-0.05, 0) is 6.07 Å². The van der Waals surface area contributed by atoms with Crippen LogP contribution in [0.15, 0.2) is 36.9 Å². The number of halogens is 1. The summed E-state index contributed by atoms with van der Waals surface area (Å²) in [7, 11) is 0. The molecule has 2 aromatic heterocycles. The molecule has 0 N–H and O–H groups in total. The molecule has 0 radical (unpaired) electrons. The number of aromatic nitrogens is 4. The van der Waals surface area contributed by atoms with Crippen molar-refractivity contribution in [3.05, 3.63) is 47.6 Å². The molecule has 3 aromatic rings. The Labute approximate surface area is 125 Å². The van der Waals surface area contributed by atoms with Crippen LogP contribution in [0.25, 0.3) is 11.2 Å². The molecule has 0 saturated carbocycles. The third-order valence-electron chi connectivity index (χ3n) is 3.41. The Morgan fingerprint density at radius 1 is 1.19 bits per heavy atom. The van der Waals surface area contributed by atoms with Crippen molar-refractivity contribution >= 4 is 22.8 Å². The van der Waals surface area contributed by atoms with Crippen LogP contribution < -0.4 is 4.74 Å². The Kier molecular flexibility index (Phi) is 2.98. The number of fused-ring (bicyclic) bond motifs is 2. The Balaban J connectivity index is 1.70. The van der Waals surface area contributed by atoms with Gasteiger partial charge < -0.3 is 9.47 Å². The van der Waals surface area contributed by atoms with Crippen LogP contribution in [0.2, 0.25) is 5.15 Å². The Hall–Kier alpha value is -2.18. The first-order valence-electron chi connectivity index (χ1n) is 6.48. The average molecular weight is 303 g/mol. The molecule has 21 heavy (non-hydrogen) atoms. The van der Waals surface area contributed by atoms with Crippen molar-refractivity contribution in [3.63, 3.8) is 0 Å². The molecule has 106 valence electrons. The van der Waals surface area contributed by atoms with Crippen LogP contribution >= 0.6 is 11.6 Å². The second-order valence-electron chi connectivity index (χ2n) is 4.67. The fourth-order valence-corrected chi connectivity index (χ4v) is 2.53. The van der Waals surface area contributed by atoms with Crippen LogP contribution in [0.4, 0.5) is 0 Å². The van der Waals surface area contributed by atoms with Gasteiger partial charge in [-0.15, -0.1) is 0 Å². The summed E-state index contributed by atoms with van der Waals surface area (Å²) in [6, 6.07) is 7.83. The maximum Gasteiger partial charge on any atom is 0.171 e. The van der Waals surface area contributed by atoms with Gasteiger partial charge in [0.25, 0.3) is 0 Å². The van der Waals surface area contributed by atoms with E-state index < -0.39 is 0 Å². The second-order valence-corrected chi connectivity index (χ2v) is 5.03. The van der Waals surface area contributed by atoms with Crippen molar-refractivity contribution in [2.24, 2.45) is 0 Å². The van der Waals surface area contributed by atoms with E-state index in [-0.39, 0.29) is 6.23 Å². The van der Waals surface area contributed by atoms with Gasteiger partial charge in [0.15, 0.2) is 17.0 Å². The normalized spacial score (nSPS) is 18.0. The molecule has 0 fully saturated rings. The Morgan fingerprint density at radius 2 is 2.10 bits per heavy atom. The van der Waals surface area contributed by atoms with E-state index >= 15 is 0 Å². The minimum atomic E-state index is -0.312. The number of nitrogens with zero attached hydrogens (tertiary/aromatic N) is 4. The van der Waals surface area contributed by atoms with E-state index in [4.69, 9.17) is 21.1 Å². The highest BCUT2D eigenvalue weighted by Gasteiger charge is 2.21. The summed E-state index contributed by atoms with van der Waals surface area (Å²) >= 11 is 6.02. The Morgan fingerprint density at radius 3 is 3.05 bits per heavy atom. The molecule has 4 rings (SSSR count). The first-order chi connectivity index (χ1) is 10.3. The third kappa shape index (κ3) is 2.12. The fraction of sp³-hybridized carbons (Fsp3) is 0.214. The van der Waals surface area contributed by atoms with Gasteiger partial charge in [0.05, 0.1) is 12.9 Å². The van der Waals surface area contributed by atoms with Crippen LogP contribution in [0.1, 0.15) is 11.8 Å². The minimum Gasteiger partial charge on any atom is -0.488 e. The first kappa shape index (κ1) is 12.6. The molecule has 0 aliphatic carbocycles. The molecule has 1 aliphatic rings. The van der Waals surface area contributed by atoms with Crippen LogP contribution in [0, 0.1) is 0 Å². The lowest BCUT2D eigenvalue weighted by molar-refractivity contribution is -0.0236. The molecule has 0 saturated heterocycles. The topological polar surface area (TPSA) is 62.1 Å². The lowest BCUT2D eigenvalue weighted by atomic mass is 10.2. The zero-order chi connectivity index (χ0) is 14.2. The van der Waals surface area contributed by atoms with Crippen LogP contribution in [-0.4, -0.2) is 26.1 Å². The molecule has 0 amide bonds. The summed E-state index contributed by atoms with van der Waals surface area (Å²) < 4.78 is 13.5. The van der Waals surface area contributed by atoms with Crippen molar-refractivity contribution in [1.29, 1.82) is 0 Å². The van der Waals surface area contributed by atoms with E-state index in [0.717, 1.165) is 11.3 Å². The summed E-state index contributed by atoms with van der Waals surface area (Å²) in [5.74, 6) is 0.845. The van der Waals surface area contributed by atoms with Gasteiger partial charge >= 0.3 is 0 Å². The lowest BCUT2D eigenvalue weighted by Crippen LogP contribution is -2.18. The predicted octanol–water partition coefficient (Wildman–Crippen LogP) is 2.59. The SMILES string of the molecule is Clc1ncnc2c1ncn2C1COc2ccccc2CO1. The highest BCUT2D eigenvalue weighted by atomic mass is 35.5. The standard InChI is InChI=1S/C14H11ClN4O2/c15-13-12-14(17-7-16-13)19(8-18-12)11-6-20-10-4-2-1-3-9(10)5-21-11/h1-4,7-8,11H,5-6H2. The van der Waals surface area contributed by atoms with E-state index in [1.54, 1.807) is 6.33 Å². The summed E-state index contributed by atoms with van der Waals surface area (Å²) in [4.78, 5) is 12.4.